The lowest BCUT2D eigenvalue weighted by Crippen LogP contribution is -2.51. The number of hydrogen-bond acceptors (Lipinski definition) is 3. The van der Waals surface area contributed by atoms with Crippen molar-refractivity contribution in [2.24, 2.45) is 0 Å². The van der Waals surface area contributed by atoms with Crippen LogP contribution in [0.5, 0.6) is 5.75 Å². The molecule has 3 nitrogen and oxygen atoms in total. The van der Waals surface area contributed by atoms with Crippen molar-refractivity contribution >= 4 is 0 Å². The molecule has 0 saturated heterocycles. The summed E-state index contributed by atoms with van der Waals surface area (Å²) in [6, 6.07) is 12.8. The molecule has 0 radical (unpaired) electrons. The molecule has 0 saturated carbocycles. The number of aryl methyl sites for hydroxylation is 1. The molecule has 2 aromatic carbocycles. The van der Waals surface area contributed by atoms with E-state index in [-0.39, 0.29) is 16.9 Å². The van der Waals surface area contributed by atoms with E-state index in [2.05, 4.69) is 0 Å². The number of benzene rings is 2. The summed E-state index contributed by atoms with van der Waals surface area (Å²) in [5, 5.41) is 30.4. The molecule has 2 N–H and O–H groups in total. The van der Waals surface area contributed by atoms with Gasteiger partial charge in [-0.2, -0.15) is 18.4 Å². The second kappa shape index (κ2) is 7.84. The number of nitriles is 1. The Morgan fingerprint density at radius 3 is 2.18 bits per heavy atom. The number of alkyl halides is 3. The zero-order valence-corrected chi connectivity index (χ0v) is 16.1. The Morgan fingerprint density at radius 2 is 1.61 bits per heavy atom. The normalized spacial score (nSPS) is 14.4. The fourth-order valence-corrected chi connectivity index (χ4v) is 3.61. The van der Waals surface area contributed by atoms with Gasteiger partial charge >= 0.3 is 6.18 Å². The highest BCUT2D eigenvalue weighted by Crippen LogP contribution is 2.45. The van der Waals surface area contributed by atoms with E-state index < -0.39 is 30.0 Å². The van der Waals surface area contributed by atoms with Gasteiger partial charge in [-0.25, -0.2) is 0 Å². The smallest absolute Gasteiger partial charge is 0.417 e. The van der Waals surface area contributed by atoms with E-state index >= 15 is 0 Å². The van der Waals surface area contributed by atoms with Crippen LogP contribution in [0.2, 0.25) is 0 Å². The first kappa shape index (κ1) is 21.8. The van der Waals surface area contributed by atoms with E-state index in [0.29, 0.717) is 17.5 Å². The van der Waals surface area contributed by atoms with E-state index in [1.807, 2.05) is 13.0 Å². The lowest BCUT2D eigenvalue weighted by molar-refractivity contribution is -0.266. The van der Waals surface area contributed by atoms with Crippen LogP contribution in [-0.4, -0.2) is 22.0 Å². The largest absolute Gasteiger partial charge is 0.507 e. The number of halogens is 3. The van der Waals surface area contributed by atoms with Crippen LogP contribution in [-0.2, 0) is 18.3 Å². The first-order valence-electron chi connectivity index (χ1n) is 9.03. The van der Waals surface area contributed by atoms with Gasteiger partial charge in [-0.05, 0) is 41.0 Å². The third-order valence-electron chi connectivity index (χ3n) is 5.11. The molecule has 0 aliphatic carbocycles. The Balaban J connectivity index is 2.48. The fraction of sp³-hybridized carbons (Fsp3) is 0.409. The minimum absolute atomic E-state index is 0.0445. The highest BCUT2D eigenvalue weighted by atomic mass is 19.4. The third-order valence-corrected chi connectivity index (χ3v) is 5.11. The van der Waals surface area contributed by atoms with E-state index in [4.69, 9.17) is 0 Å². The quantitative estimate of drug-likeness (QED) is 0.726. The summed E-state index contributed by atoms with van der Waals surface area (Å²) in [4.78, 5) is 0. The van der Waals surface area contributed by atoms with Gasteiger partial charge in [-0.1, -0.05) is 57.2 Å². The van der Waals surface area contributed by atoms with Gasteiger partial charge in [0.2, 0.25) is 0 Å². The molecular formula is C22H24F3NO2. The molecule has 6 heteroatoms. The van der Waals surface area contributed by atoms with Gasteiger partial charge in [0.1, 0.15) is 5.75 Å². The van der Waals surface area contributed by atoms with Gasteiger partial charge in [0.25, 0.3) is 0 Å². The molecule has 0 fully saturated rings. The van der Waals surface area contributed by atoms with Crippen molar-refractivity contribution in [3.8, 4) is 11.8 Å². The molecule has 28 heavy (non-hydrogen) atoms. The molecule has 0 spiro atoms. The molecular weight excluding hydrogens is 367 g/mol. The van der Waals surface area contributed by atoms with Crippen molar-refractivity contribution in [3.05, 3.63) is 64.7 Å². The van der Waals surface area contributed by atoms with Crippen molar-refractivity contribution < 1.29 is 23.4 Å². The number of rotatable bonds is 6. The van der Waals surface area contributed by atoms with Crippen molar-refractivity contribution in [1.82, 2.24) is 0 Å². The molecule has 2 rings (SSSR count). The maximum atomic E-state index is 13.9. The van der Waals surface area contributed by atoms with Crippen LogP contribution in [0.3, 0.4) is 0 Å². The zero-order chi connectivity index (χ0) is 21.2. The van der Waals surface area contributed by atoms with E-state index in [1.165, 1.54) is 18.2 Å². The van der Waals surface area contributed by atoms with Crippen molar-refractivity contribution in [3.63, 3.8) is 0 Å². The van der Waals surface area contributed by atoms with Gasteiger partial charge in [0.15, 0.2) is 5.60 Å². The Labute approximate surface area is 163 Å². The monoisotopic (exact) mass is 391 g/mol. The van der Waals surface area contributed by atoms with Crippen LogP contribution in [0.4, 0.5) is 13.2 Å². The predicted molar refractivity (Wildman–Crippen MR) is 101 cm³/mol. The lowest BCUT2D eigenvalue weighted by Gasteiger charge is -2.38. The molecule has 0 aromatic heterocycles. The highest BCUT2D eigenvalue weighted by Gasteiger charge is 2.56. The number of phenolic OH excluding ortho intramolecular Hbond substituents is 1. The molecule has 0 heterocycles. The summed E-state index contributed by atoms with van der Waals surface area (Å²) in [6.45, 7) is 4.97. The number of hydrogen-bond donors (Lipinski definition) is 2. The van der Waals surface area contributed by atoms with Crippen LogP contribution < -0.4 is 0 Å². The first-order valence-corrected chi connectivity index (χ1v) is 9.03. The van der Waals surface area contributed by atoms with Crippen LogP contribution in [0, 0.1) is 11.3 Å². The van der Waals surface area contributed by atoms with Crippen molar-refractivity contribution in [2.75, 3.05) is 0 Å². The third kappa shape index (κ3) is 4.31. The Kier molecular flexibility index (Phi) is 6.10. The van der Waals surface area contributed by atoms with Gasteiger partial charge in [0.05, 0.1) is 11.6 Å². The maximum Gasteiger partial charge on any atom is 0.417 e. The van der Waals surface area contributed by atoms with E-state index in [9.17, 15) is 28.6 Å². The molecule has 0 aliphatic rings. The van der Waals surface area contributed by atoms with E-state index in [0.717, 1.165) is 0 Å². The van der Waals surface area contributed by atoms with Gasteiger partial charge in [-0.3, -0.25) is 0 Å². The standard InChI is InChI=1S/C22H24F3NO2/c1-4-15-10-7-11-18(19(15)27)20(2,3)14-21(28,22(23,24)25)12-16-8-5-6-9-17(16)13-26/h5-11,27-28H,4,12,14H2,1-3H3. The average Bonchev–Trinajstić information content (AvgIpc) is 2.60. The minimum Gasteiger partial charge on any atom is -0.507 e. The summed E-state index contributed by atoms with van der Waals surface area (Å²) in [7, 11) is 0. The van der Waals surface area contributed by atoms with Crippen molar-refractivity contribution in [2.45, 2.75) is 57.2 Å². The molecule has 0 aliphatic heterocycles. The van der Waals surface area contributed by atoms with Gasteiger partial charge in [-0.15, -0.1) is 0 Å². The fourth-order valence-electron chi connectivity index (χ4n) is 3.61. The zero-order valence-electron chi connectivity index (χ0n) is 16.1. The number of para-hydroxylation sites is 1. The van der Waals surface area contributed by atoms with Crippen LogP contribution in [0.15, 0.2) is 42.5 Å². The predicted octanol–water partition coefficient (Wildman–Crippen LogP) is 5.03. The average molecular weight is 391 g/mol. The molecule has 0 bridgehead atoms. The maximum absolute atomic E-state index is 13.9. The number of phenols is 1. The molecule has 150 valence electrons. The number of aliphatic hydroxyl groups is 1. The SMILES string of the molecule is CCc1cccc(C(C)(C)CC(O)(Cc2ccccc2C#N)C(F)(F)F)c1O. The van der Waals surface area contributed by atoms with Crippen LogP contribution >= 0.6 is 0 Å². The molecule has 0 amide bonds. The van der Waals surface area contributed by atoms with Crippen LogP contribution in [0.1, 0.15) is 49.4 Å². The second-order valence-corrected chi connectivity index (χ2v) is 7.70. The Bertz CT molecular complexity index is 884. The summed E-state index contributed by atoms with van der Waals surface area (Å²) in [5.74, 6) is -0.0445. The lowest BCUT2D eigenvalue weighted by atomic mass is 9.72. The van der Waals surface area contributed by atoms with Gasteiger partial charge < -0.3 is 10.2 Å². The van der Waals surface area contributed by atoms with Crippen molar-refractivity contribution in [1.29, 1.82) is 5.26 Å². The molecule has 2 aromatic rings. The number of aromatic hydroxyl groups is 1. The Morgan fingerprint density at radius 1 is 1.00 bits per heavy atom. The summed E-state index contributed by atoms with van der Waals surface area (Å²) in [5.41, 5.74) is -3.01. The molecule has 1 atom stereocenters. The first-order chi connectivity index (χ1) is 12.9. The topological polar surface area (TPSA) is 64.2 Å². The highest BCUT2D eigenvalue weighted by molar-refractivity contribution is 5.45. The van der Waals surface area contributed by atoms with Gasteiger partial charge in [0, 0.05) is 6.42 Å². The minimum atomic E-state index is -4.91. The van der Waals surface area contributed by atoms with E-state index in [1.54, 1.807) is 38.1 Å². The summed E-state index contributed by atoms with van der Waals surface area (Å²) < 4.78 is 41.8. The van der Waals surface area contributed by atoms with Crippen LogP contribution in [0.25, 0.3) is 0 Å². The number of nitrogens with zero attached hydrogens (tertiary/aromatic N) is 1. The summed E-state index contributed by atoms with van der Waals surface area (Å²) in [6.07, 6.45) is -5.78. The second-order valence-electron chi connectivity index (χ2n) is 7.70. The summed E-state index contributed by atoms with van der Waals surface area (Å²) >= 11 is 0. The molecule has 1 unspecified atom stereocenters. The Hall–Kier alpha value is -2.52.